The molecule has 27 heavy (non-hydrogen) atoms. The first kappa shape index (κ1) is 19.1. The predicted molar refractivity (Wildman–Crippen MR) is 106 cm³/mol. The molecule has 1 amide bonds. The zero-order valence-electron chi connectivity index (χ0n) is 16.1. The standard InChI is InChI=1S/C22H26N2O3/c1-15(22(26)18-6-10-19(11-7-18)23-16(2)25)24-14-4-5-21(24)17-8-12-20(27-3)13-9-17/h6-13,15,21H,4-5,14H2,1-3H3,(H,23,25)/t15-,21-/m0/s1. The van der Waals surface area contributed by atoms with Crippen LogP contribution < -0.4 is 10.1 Å². The van der Waals surface area contributed by atoms with Crippen LogP contribution >= 0.6 is 0 Å². The number of carbonyl (C=O) groups excluding carboxylic acids is 2. The number of likely N-dealkylation sites (tertiary alicyclic amines) is 1. The van der Waals surface area contributed by atoms with Crippen molar-refractivity contribution in [3.63, 3.8) is 0 Å². The molecule has 142 valence electrons. The minimum Gasteiger partial charge on any atom is -0.497 e. The van der Waals surface area contributed by atoms with Gasteiger partial charge in [0, 0.05) is 24.2 Å². The van der Waals surface area contributed by atoms with E-state index in [1.165, 1.54) is 12.5 Å². The molecule has 0 bridgehead atoms. The van der Waals surface area contributed by atoms with Crippen molar-refractivity contribution in [2.75, 3.05) is 19.0 Å². The van der Waals surface area contributed by atoms with E-state index in [0.29, 0.717) is 11.3 Å². The maximum Gasteiger partial charge on any atom is 0.221 e. The fraction of sp³-hybridized carbons (Fsp3) is 0.364. The summed E-state index contributed by atoms with van der Waals surface area (Å²) in [4.78, 5) is 26.4. The van der Waals surface area contributed by atoms with E-state index in [-0.39, 0.29) is 23.8 Å². The van der Waals surface area contributed by atoms with Gasteiger partial charge in [0.1, 0.15) is 5.75 Å². The highest BCUT2D eigenvalue weighted by atomic mass is 16.5. The van der Waals surface area contributed by atoms with Crippen LogP contribution in [0.2, 0.25) is 0 Å². The summed E-state index contributed by atoms with van der Waals surface area (Å²) in [5.41, 5.74) is 2.58. The Morgan fingerprint density at radius 2 is 1.78 bits per heavy atom. The highest BCUT2D eigenvalue weighted by molar-refractivity contribution is 6.00. The maximum atomic E-state index is 13.0. The van der Waals surface area contributed by atoms with Gasteiger partial charge in [0.25, 0.3) is 0 Å². The zero-order valence-corrected chi connectivity index (χ0v) is 16.1. The number of amides is 1. The predicted octanol–water partition coefficient (Wildman–Crippen LogP) is 4.06. The van der Waals surface area contributed by atoms with Crippen molar-refractivity contribution in [1.29, 1.82) is 0 Å². The minimum atomic E-state index is -0.203. The van der Waals surface area contributed by atoms with E-state index in [9.17, 15) is 9.59 Å². The molecule has 0 unspecified atom stereocenters. The van der Waals surface area contributed by atoms with Crippen LogP contribution in [-0.4, -0.2) is 36.3 Å². The van der Waals surface area contributed by atoms with Gasteiger partial charge in [-0.1, -0.05) is 12.1 Å². The highest BCUT2D eigenvalue weighted by Gasteiger charge is 2.33. The van der Waals surface area contributed by atoms with E-state index < -0.39 is 0 Å². The van der Waals surface area contributed by atoms with Gasteiger partial charge in [0.2, 0.25) is 5.91 Å². The fourth-order valence-corrected chi connectivity index (χ4v) is 3.75. The van der Waals surface area contributed by atoms with Crippen LogP contribution in [0.3, 0.4) is 0 Å². The van der Waals surface area contributed by atoms with Crippen LogP contribution in [-0.2, 0) is 4.79 Å². The SMILES string of the molecule is COc1ccc([C@@H]2CCCN2[C@@H](C)C(=O)c2ccc(NC(C)=O)cc2)cc1. The summed E-state index contributed by atoms with van der Waals surface area (Å²) in [7, 11) is 1.66. The summed E-state index contributed by atoms with van der Waals surface area (Å²) in [5.74, 6) is 0.818. The van der Waals surface area contributed by atoms with Crippen molar-refractivity contribution in [2.24, 2.45) is 0 Å². The monoisotopic (exact) mass is 366 g/mol. The van der Waals surface area contributed by atoms with Crippen molar-refractivity contribution < 1.29 is 14.3 Å². The number of rotatable bonds is 6. The van der Waals surface area contributed by atoms with Crippen molar-refractivity contribution in [3.8, 4) is 5.75 Å². The Balaban J connectivity index is 1.73. The summed E-state index contributed by atoms with van der Waals surface area (Å²) in [5, 5.41) is 2.72. The summed E-state index contributed by atoms with van der Waals surface area (Å²) in [6, 6.07) is 15.3. The zero-order chi connectivity index (χ0) is 19.4. The van der Waals surface area contributed by atoms with Gasteiger partial charge in [0.05, 0.1) is 13.2 Å². The second-order valence-electron chi connectivity index (χ2n) is 6.97. The molecule has 2 aromatic carbocycles. The molecule has 0 radical (unpaired) electrons. The van der Waals surface area contributed by atoms with E-state index in [1.807, 2.05) is 19.1 Å². The number of hydrogen-bond donors (Lipinski definition) is 1. The van der Waals surface area contributed by atoms with Crippen molar-refractivity contribution >= 4 is 17.4 Å². The first-order chi connectivity index (χ1) is 13.0. The molecular weight excluding hydrogens is 340 g/mol. The number of Topliss-reactive ketones (excluding diaryl/α,β-unsaturated/α-hetero) is 1. The third kappa shape index (κ3) is 4.37. The quantitative estimate of drug-likeness (QED) is 0.783. The average molecular weight is 366 g/mol. The molecule has 0 saturated carbocycles. The molecule has 1 fully saturated rings. The lowest BCUT2D eigenvalue weighted by atomic mass is 10.00. The topological polar surface area (TPSA) is 58.6 Å². The number of nitrogens with zero attached hydrogens (tertiary/aromatic N) is 1. The van der Waals surface area contributed by atoms with Crippen molar-refractivity contribution in [3.05, 3.63) is 59.7 Å². The Hall–Kier alpha value is -2.66. The fourth-order valence-electron chi connectivity index (χ4n) is 3.75. The van der Waals surface area contributed by atoms with E-state index in [1.54, 1.807) is 31.4 Å². The first-order valence-corrected chi connectivity index (χ1v) is 9.31. The van der Waals surface area contributed by atoms with Gasteiger partial charge in [-0.2, -0.15) is 0 Å². The van der Waals surface area contributed by atoms with E-state index in [2.05, 4.69) is 22.3 Å². The Morgan fingerprint density at radius 1 is 1.11 bits per heavy atom. The molecule has 2 aromatic rings. The van der Waals surface area contributed by atoms with Gasteiger partial charge >= 0.3 is 0 Å². The molecular formula is C22H26N2O3. The smallest absolute Gasteiger partial charge is 0.221 e. The number of anilines is 1. The van der Waals surface area contributed by atoms with Gasteiger partial charge in [-0.05, 0) is 68.3 Å². The number of carbonyl (C=O) groups is 2. The summed E-state index contributed by atoms with van der Waals surface area (Å²) >= 11 is 0. The summed E-state index contributed by atoms with van der Waals surface area (Å²) < 4.78 is 5.24. The molecule has 0 aromatic heterocycles. The number of nitrogens with one attached hydrogen (secondary N) is 1. The number of methoxy groups -OCH3 is 1. The molecule has 5 nitrogen and oxygen atoms in total. The molecule has 0 spiro atoms. The Morgan fingerprint density at radius 3 is 2.37 bits per heavy atom. The molecule has 1 heterocycles. The average Bonchev–Trinajstić information content (AvgIpc) is 3.17. The summed E-state index contributed by atoms with van der Waals surface area (Å²) in [6.45, 7) is 4.35. The van der Waals surface area contributed by atoms with Crippen LogP contribution in [0.1, 0.15) is 48.7 Å². The van der Waals surface area contributed by atoms with Gasteiger partial charge in [-0.15, -0.1) is 0 Å². The minimum absolute atomic E-state index is 0.102. The third-order valence-electron chi connectivity index (χ3n) is 5.16. The van der Waals surface area contributed by atoms with Crippen LogP contribution in [0.4, 0.5) is 5.69 Å². The molecule has 5 heteroatoms. The van der Waals surface area contributed by atoms with Crippen LogP contribution in [0.25, 0.3) is 0 Å². The summed E-state index contributed by atoms with van der Waals surface area (Å²) in [6.07, 6.45) is 2.13. The van der Waals surface area contributed by atoms with E-state index >= 15 is 0 Å². The normalized spacial score (nSPS) is 18.1. The highest BCUT2D eigenvalue weighted by Crippen LogP contribution is 2.35. The molecule has 1 aliphatic heterocycles. The molecule has 1 N–H and O–H groups in total. The Kier molecular flexibility index (Phi) is 5.91. The molecule has 3 rings (SSSR count). The number of ketones is 1. The second kappa shape index (κ2) is 8.35. The van der Waals surface area contributed by atoms with Gasteiger partial charge < -0.3 is 10.1 Å². The van der Waals surface area contributed by atoms with Crippen LogP contribution in [0.15, 0.2) is 48.5 Å². The molecule has 1 saturated heterocycles. The first-order valence-electron chi connectivity index (χ1n) is 9.31. The van der Waals surface area contributed by atoms with Crippen molar-refractivity contribution in [1.82, 2.24) is 4.90 Å². The lowest BCUT2D eigenvalue weighted by Gasteiger charge is -2.30. The molecule has 1 aliphatic rings. The van der Waals surface area contributed by atoms with E-state index in [0.717, 1.165) is 25.1 Å². The van der Waals surface area contributed by atoms with Crippen LogP contribution in [0.5, 0.6) is 5.75 Å². The molecule has 2 atom stereocenters. The number of ether oxygens (including phenoxy) is 1. The van der Waals surface area contributed by atoms with Gasteiger partial charge in [-0.3, -0.25) is 14.5 Å². The van der Waals surface area contributed by atoms with Gasteiger partial charge in [-0.25, -0.2) is 0 Å². The lowest BCUT2D eigenvalue weighted by molar-refractivity contribution is -0.114. The third-order valence-corrected chi connectivity index (χ3v) is 5.16. The van der Waals surface area contributed by atoms with Gasteiger partial charge in [0.15, 0.2) is 5.78 Å². The Bertz CT molecular complexity index is 799. The largest absolute Gasteiger partial charge is 0.497 e. The Labute approximate surface area is 160 Å². The van der Waals surface area contributed by atoms with Crippen molar-refractivity contribution in [2.45, 2.75) is 38.8 Å². The van der Waals surface area contributed by atoms with E-state index in [4.69, 9.17) is 4.74 Å². The maximum absolute atomic E-state index is 13.0. The molecule has 0 aliphatic carbocycles. The number of benzene rings is 2. The lowest BCUT2D eigenvalue weighted by Crippen LogP contribution is -2.38. The second-order valence-corrected chi connectivity index (χ2v) is 6.97. The van der Waals surface area contributed by atoms with Crippen LogP contribution in [0, 0.1) is 0 Å². The number of hydrogen-bond acceptors (Lipinski definition) is 4.